The Morgan fingerprint density at radius 3 is 2.09 bits per heavy atom. The number of amides is 3. The molecule has 0 bridgehead atoms. The first-order valence-corrected chi connectivity index (χ1v) is 15.6. The fraction of sp³-hybridized carbons (Fsp3) is 0.471. The van der Waals surface area contributed by atoms with Crippen LogP contribution in [0, 0.1) is 6.92 Å². The molecule has 3 aromatic rings. The third-order valence-electron chi connectivity index (χ3n) is 7.40. The normalized spacial score (nSPS) is 11.1. The molecule has 2 aromatic carbocycles. The third-order valence-corrected chi connectivity index (χ3v) is 8.38. The van der Waals surface area contributed by atoms with Crippen molar-refractivity contribution in [3.05, 3.63) is 75.0 Å². The maximum absolute atomic E-state index is 13.9. The number of benzene rings is 2. The number of rotatable bonds is 15. The summed E-state index contributed by atoms with van der Waals surface area (Å²) in [6.45, 7) is 12.0. The Kier molecular flexibility index (Phi) is 12.9. The summed E-state index contributed by atoms with van der Waals surface area (Å²) in [6, 6.07) is 15.7. The Hall–Kier alpha value is -3.56. The molecule has 234 valence electrons. The van der Waals surface area contributed by atoms with Gasteiger partial charge in [-0.2, -0.15) is 0 Å². The van der Waals surface area contributed by atoms with Crippen LogP contribution in [-0.2, 0) is 22.5 Å². The van der Waals surface area contributed by atoms with E-state index >= 15 is 0 Å². The second-order valence-electron chi connectivity index (χ2n) is 11.2. The van der Waals surface area contributed by atoms with Gasteiger partial charge in [0, 0.05) is 35.6 Å². The van der Waals surface area contributed by atoms with Crippen molar-refractivity contribution in [3.8, 4) is 11.5 Å². The molecule has 43 heavy (non-hydrogen) atoms. The van der Waals surface area contributed by atoms with Crippen LogP contribution in [0.1, 0.15) is 66.0 Å². The van der Waals surface area contributed by atoms with Gasteiger partial charge in [-0.05, 0) is 66.1 Å². The molecule has 0 fully saturated rings. The lowest BCUT2D eigenvalue weighted by Gasteiger charge is -2.29. The van der Waals surface area contributed by atoms with Gasteiger partial charge in [0.05, 0.1) is 27.4 Å². The molecule has 9 heteroatoms. The van der Waals surface area contributed by atoms with Crippen LogP contribution in [0.15, 0.2) is 48.5 Å². The zero-order valence-corrected chi connectivity index (χ0v) is 27.7. The monoisotopic (exact) mass is 609 g/mol. The number of methoxy groups -OCH3 is 3. The van der Waals surface area contributed by atoms with Gasteiger partial charge in [-0.1, -0.05) is 52.0 Å². The van der Waals surface area contributed by atoms with Crippen LogP contribution in [0.2, 0.25) is 0 Å². The molecule has 0 unspecified atom stereocenters. The lowest BCUT2D eigenvalue weighted by molar-refractivity contribution is -0.132. The molecule has 0 radical (unpaired) electrons. The topological polar surface area (TPSA) is 80.3 Å². The second-order valence-corrected chi connectivity index (χ2v) is 12.6. The smallest absolute Gasteiger partial charge is 0.322 e. The number of carbonyl (C=O) groups is 2. The van der Waals surface area contributed by atoms with Gasteiger partial charge < -0.3 is 29.3 Å². The number of urea groups is 1. The first-order chi connectivity index (χ1) is 20.6. The molecular weight excluding hydrogens is 562 g/mol. The molecule has 0 spiro atoms. The largest absolute Gasteiger partial charge is 0.493 e. The van der Waals surface area contributed by atoms with Crippen molar-refractivity contribution in [1.82, 2.24) is 9.80 Å². The summed E-state index contributed by atoms with van der Waals surface area (Å²) in [6.07, 6.45) is 0.625. The average molecular weight is 610 g/mol. The van der Waals surface area contributed by atoms with Crippen LogP contribution in [0.5, 0.6) is 11.5 Å². The molecule has 0 aliphatic carbocycles. The SMILES string of the molecule is COCCN(CC(=O)N(CCc1ccc(OC)c(OC)c1)Cc1ccc(C)s1)C(=O)Nc1c(C(C)C)cccc1C(C)C. The highest BCUT2D eigenvalue weighted by atomic mass is 32.1. The summed E-state index contributed by atoms with van der Waals surface area (Å²) in [7, 11) is 4.81. The molecule has 1 N–H and O–H groups in total. The predicted molar refractivity (Wildman–Crippen MR) is 175 cm³/mol. The molecule has 0 aliphatic rings. The van der Waals surface area contributed by atoms with Crippen LogP contribution < -0.4 is 14.8 Å². The minimum absolute atomic E-state index is 0.0632. The number of anilines is 1. The molecule has 0 atom stereocenters. The van der Waals surface area contributed by atoms with Gasteiger partial charge in [-0.15, -0.1) is 11.3 Å². The van der Waals surface area contributed by atoms with Gasteiger partial charge in [-0.3, -0.25) is 4.79 Å². The highest BCUT2D eigenvalue weighted by Gasteiger charge is 2.24. The first-order valence-electron chi connectivity index (χ1n) is 14.8. The Morgan fingerprint density at radius 1 is 0.860 bits per heavy atom. The number of nitrogens with one attached hydrogen (secondary N) is 1. The zero-order valence-electron chi connectivity index (χ0n) is 26.9. The first kappa shape index (κ1) is 33.9. The summed E-state index contributed by atoms with van der Waals surface area (Å²) in [4.78, 5) is 33.3. The zero-order chi connectivity index (χ0) is 31.5. The van der Waals surface area contributed by atoms with Gasteiger partial charge in [0.1, 0.15) is 6.54 Å². The van der Waals surface area contributed by atoms with Gasteiger partial charge >= 0.3 is 6.03 Å². The molecule has 0 aliphatic heterocycles. The Bertz CT molecular complexity index is 1330. The molecular formula is C34H47N3O5S. The van der Waals surface area contributed by atoms with E-state index in [0.717, 1.165) is 27.3 Å². The predicted octanol–water partition coefficient (Wildman–Crippen LogP) is 7.07. The van der Waals surface area contributed by atoms with Crippen LogP contribution in [0.3, 0.4) is 0 Å². The summed E-state index contributed by atoms with van der Waals surface area (Å²) < 4.78 is 16.2. The fourth-order valence-electron chi connectivity index (χ4n) is 4.95. The average Bonchev–Trinajstić information content (AvgIpc) is 3.40. The number of carbonyl (C=O) groups excluding carboxylic acids is 2. The van der Waals surface area contributed by atoms with E-state index in [4.69, 9.17) is 14.2 Å². The molecule has 0 saturated heterocycles. The van der Waals surface area contributed by atoms with Crippen LogP contribution in [0.4, 0.5) is 10.5 Å². The van der Waals surface area contributed by atoms with Crippen LogP contribution in [0.25, 0.3) is 0 Å². The van der Waals surface area contributed by atoms with E-state index in [-0.39, 0.29) is 36.9 Å². The fourth-order valence-corrected chi connectivity index (χ4v) is 5.85. The number of thiophene rings is 1. The van der Waals surface area contributed by atoms with E-state index in [2.05, 4.69) is 64.2 Å². The second kappa shape index (κ2) is 16.3. The Labute approximate surface area is 260 Å². The van der Waals surface area contributed by atoms with Crippen molar-refractivity contribution in [2.24, 2.45) is 0 Å². The van der Waals surface area contributed by atoms with Crippen LogP contribution >= 0.6 is 11.3 Å². The van der Waals surface area contributed by atoms with Crippen LogP contribution in [-0.4, -0.2) is 69.3 Å². The molecule has 1 aromatic heterocycles. The molecule has 3 rings (SSSR count). The maximum Gasteiger partial charge on any atom is 0.322 e. The van der Waals surface area contributed by atoms with Crippen molar-refractivity contribution < 1.29 is 23.8 Å². The number of nitrogens with zero attached hydrogens (tertiary/aromatic N) is 2. The molecule has 8 nitrogen and oxygen atoms in total. The number of hydrogen-bond donors (Lipinski definition) is 1. The van der Waals surface area contributed by atoms with Crippen molar-refractivity contribution in [3.63, 3.8) is 0 Å². The molecule has 1 heterocycles. The van der Waals surface area contributed by atoms with Crippen molar-refractivity contribution >= 4 is 29.0 Å². The minimum atomic E-state index is -0.313. The summed E-state index contributed by atoms with van der Waals surface area (Å²) in [5, 5.41) is 3.17. The maximum atomic E-state index is 13.9. The van der Waals surface area contributed by atoms with E-state index < -0.39 is 0 Å². The third kappa shape index (κ3) is 9.46. The number of ether oxygens (including phenoxy) is 3. The number of hydrogen-bond acceptors (Lipinski definition) is 6. The number of para-hydroxylation sites is 1. The van der Waals surface area contributed by atoms with E-state index in [9.17, 15) is 9.59 Å². The lowest BCUT2D eigenvalue weighted by atomic mass is 9.93. The van der Waals surface area contributed by atoms with E-state index in [1.807, 2.05) is 29.2 Å². The van der Waals surface area contributed by atoms with Gasteiger partial charge in [0.25, 0.3) is 0 Å². The van der Waals surface area contributed by atoms with E-state index in [0.29, 0.717) is 37.6 Å². The number of aryl methyl sites for hydroxylation is 1. The molecule has 3 amide bonds. The van der Waals surface area contributed by atoms with Crippen molar-refractivity contribution in [2.75, 3.05) is 52.9 Å². The van der Waals surface area contributed by atoms with Gasteiger partial charge in [-0.25, -0.2) is 4.79 Å². The Morgan fingerprint density at radius 2 is 1.53 bits per heavy atom. The summed E-state index contributed by atoms with van der Waals surface area (Å²) in [5.41, 5.74) is 3.99. The van der Waals surface area contributed by atoms with Gasteiger partial charge in [0.2, 0.25) is 5.91 Å². The standard InChI is InChI=1S/C34H47N3O5S/c1-23(2)28-10-9-11-29(24(3)4)33(28)35-34(39)37(18-19-40-6)22-32(38)36(21-27-14-12-25(5)43-27)17-16-26-13-15-30(41-7)31(20-26)42-8/h9-15,20,23-24H,16-19,21-22H2,1-8H3,(H,35,39). The Balaban J connectivity index is 1.84. The minimum Gasteiger partial charge on any atom is -0.493 e. The quantitative estimate of drug-likeness (QED) is 0.199. The van der Waals surface area contributed by atoms with E-state index in [1.165, 1.54) is 4.88 Å². The lowest BCUT2D eigenvalue weighted by Crippen LogP contribution is -2.46. The summed E-state index contributed by atoms with van der Waals surface area (Å²) >= 11 is 1.67. The summed E-state index contributed by atoms with van der Waals surface area (Å²) in [5.74, 6) is 1.64. The van der Waals surface area contributed by atoms with Crippen molar-refractivity contribution in [2.45, 2.75) is 59.4 Å². The van der Waals surface area contributed by atoms with Gasteiger partial charge in [0.15, 0.2) is 11.5 Å². The highest BCUT2D eigenvalue weighted by molar-refractivity contribution is 7.11. The highest BCUT2D eigenvalue weighted by Crippen LogP contribution is 2.33. The van der Waals surface area contributed by atoms with Crippen molar-refractivity contribution in [1.29, 1.82) is 0 Å². The molecule has 0 saturated carbocycles. The van der Waals surface area contributed by atoms with E-state index in [1.54, 1.807) is 37.6 Å².